The van der Waals surface area contributed by atoms with E-state index in [0.29, 0.717) is 0 Å². The number of allylic oxidation sites excluding steroid dienone is 1. The van der Waals surface area contributed by atoms with E-state index in [-0.39, 0.29) is 5.54 Å². The highest BCUT2D eigenvalue weighted by Gasteiger charge is 2.06. The Morgan fingerprint density at radius 2 is 1.83 bits per heavy atom. The third-order valence-electron chi connectivity index (χ3n) is 3.21. The van der Waals surface area contributed by atoms with Crippen molar-refractivity contribution in [3.63, 3.8) is 0 Å². The lowest BCUT2D eigenvalue weighted by Crippen LogP contribution is -2.36. The zero-order chi connectivity index (χ0) is 13.8. The molecule has 0 aliphatic carbocycles. The molecule has 100 valence electrons. The summed E-state index contributed by atoms with van der Waals surface area (Å²) in [5.41, 5.74) is 5.65. The van der Waals surface area contributed by atoms with Gasteiger partial charge in [-0.1, -0.05) is 24.3 Å². The van der Waals surface area contributed by atoms with Gasteiger partial charge in [-0.25, -0.2) is 0 Å². The summed E-state index contributed by atoms with van der Waals surface area (Å²) >= 11 is 0. The second kappa shape index (κ2) is 6.19. The van der Waals surface area contributed by atoms with Gasteiger partial charge in [0.15, 0.2) is 0 Å². The largest absolute Gasteiger partial charge is 0.312 e. The van der Waals surface area contributed by atoms with Crippen LogP contribution in [0.5, 0.6) is 0 Å². The van der Waals surface area contributed by atoms with Crippen LogP contribution in [0.25, 0.3) is 5.57 Å². The molecule has 0 atom stereocenters. The maximum Gasteiger partial charge on any atom is 0.00966 e. The van der Waals surface area contributed by atoms with E-state index in [0.717, 1.165) is 13.0 Å². The molecule has 0 aromatic heterocycles. The topological polar surface area (TPSA) is 12.0 Å². The quantitative estimate of drug-likeness (QED) is 0.771. The molecule has 0 fully saturated rings. The van der Waals surface area contributed by atoms with Gasteiger partial charge in [0.05, 0.1) is 0 Å². The summed E-state index contributed by atoms with van der Waals surface area (Å²) in [5.74, 6) is 0. The molecule has 0 radical (unpaired) electrons. The maximum absolute atomic E-state index is 3.50. The van der Waals surface area contributed by atoms with Crippen molar-refractivity contribution in [2.75, 3.05) is 6.54 Å². The minimum absolute atomic E-state index is 0.211. The number of hydrogen-bond acceptors (Lipinski definition) is 1. The molecule has 1 nitrogen and oxygen atoms in total. The minimum Gasteiger partial charge on any atom is -0.312 e. The van der Waals surface area contributed by atoms with Gasteiger partial charge in [0, 0.05) is 5.54 Å². The lowest BCUT2D eigenvalue weighted by atomic mass is 10.0. The van der Waals surface area contributed by atoms with Crippen molar-refractivity contribution >= 4 is 5.57 Å². The van der Waals surface area contributed by atoms with Crippen molar-refractivity contribution in [2.24, 2.45) is 0 Å². The van der Waals surface area contributed by atoms with Crippen LogP contribution in [-0.2, 0) is 0 Å². The molecule has 0 unspecified atom stereocenters. The average Bonchev–Trinajstić information content (AvgIpc) is 2.26. The van der Waals surface area contributed by atoms with Crippen molar-refractivity contribution in [1.82, 2.24) is 5.32 Å². The van der Waals surface area contributed by atoms with Gasteiger partial charge in [-0.3, -0.25) is 0 Å². The van der Waals surface area contributed by atoms with Crippen molar-refractivity contribution < 1.29 is 0 Å². The first kappa shape index (κ1) is 15.0. The summed E-state index contributed by atoms with van der Waals surface area (Å²) in [6.07, 6.45) is 3.40. The molecule has 1 rings (SSSR count). The van der Waals surface area contributed by atoms with E-state index in [2.05, 4.69) is 71.1 Å². The van der Waals surface area contributed by atoms with Crippen LogP contribution >= 0.6 is 0 Å². The number of benzene rings is 1. The zero-order valence-corrected chi connectivity index (χ0v) is 12.7. The van der Waals surface area contributed by atoms with Crippen LogP contribution in [0.15, 0.2) is 24.3 Å². The van der Waals surface area contributed by atoms with Crippen molar-refractivity contribution in [2.45, 2.75) is 53.5 Å². The van der Waals surface area contributed by atoms with Crippen LogP contribution in [0.2, 0.25) is 0 Å². The molecule has 0 heterocycles. The highest BCUT2D eigenvalue weighted by molar-refractivity contribution is 5.64. The van der Waals surface area contributed by atoms with E-state index in [4.69, 9.17) is 0 Å². The van der Waals surface area contributed by atoms with Crippen LogP contribution in [0, 0.1) is 13.8 Å². The van der Waals surface area contributed by atoms with E-state index in [9.17, 15) is 0 Å². The minimum atomic E-state index is 0.211. The number of aryl methyl sites for hydroxylation is 2. The lowest BCUT2D eigenvalue weighted by molar-refractivity contribution is 0.431. The molecule has 1 heteroatoms. The fourth-order valence-corrected chi connectivity index (χ4v) is 1.84. The standard InChI is InChI=1S/C17H27N/c1-13-9-10-16(12-15(13)3)14(2)8-7-11-18-17(4,5)6/h8-10,12,18H,7,11H2,1-6H3. The number of nitrogens with one attached hydrogen (secondary N) is 1. The molecule has 1 aromatic carbocycles. The smallest absolute Gasteiger partial charge is 0.00966 e. The van der Waals surface area contributed by atoms with E-state index < -0.39 is 0 Å². The van der Waals surface area contributed by atoms with Gasteiger partial charge >= 0.3 is 0 Å². The Labute approximate surface area is 112 Å². The van der Waals surface area contributed by atoms with Gasteiger partial charge in [-0.2, -0.15) is 0 Å². The Kier molecular flexibility index (Phi) is 5.15. The van der Waals surface area contributed by atoms with Crippen LogP contribution in [0.3, 0.4) is 0 Å². The van der Waals surface area contributed by atoms with Gasteiger partial charge < -0.3 is 5.32 Å². The molecule has 0 saturated carbocycles. The Balaban J connectivity index is 2.58. The first-order chi connectivity index (χ1) is 8.29. The van der Waals surface area contributed by atoms with E-state index in [1.807, 2.05) is 0 Å². The van der Waals surface area contributed by atoms with Gasteiger partial charge in [-0.15, -0.1) is 0 Å². The molecule has 0 saturated heterocycles. The number of rotatable bonds is 4. The second-order valence-electron chi connectivity index (χ2n) is 6.15. The molecule has 0 aliphatic heterocycles. The second-order valence-corrected chi connectivity index (χ2v) is 6.15. The fraction of sp³-hybridized carbons (Fsp3) is 0.529. The Bertz CT molecular complexity index is 422. The van der Waals surface area contributed by atoms with Crippen molar-refractivity contribution in [3.05, 3.63) is 41.0 Å². The summed E-state index contributed by atoms with van der Waals surface area (Å²) in [6.45, 7) is 14.2. The van der Waals surface area contributed by atoms with Gasteiger partial charge in [0.25, 0.3) is 0 Å². The van der Waals surface area contributed by atoms with Crippen LogP contribution in [-0.4, -0.2) is 12.1 Å². The van der Waals surface area contributed by atoms with Gasteiger partial charge in [-0.05, 0) is 76.8 Å². The SMILES string of the molecule is CC(=CCCNC(C)(C)C)c1ccc(C)c(C)c1. The predicted octanol–water partition coefficient (Wildman–Crippen LogP) is 4.48. The van der Waals surface area contributed by atoms with E-state index >= 15 is 0 Å². The summed E-state index contributed by atoms with van der Waals surface area (Å²) in [7, 11) is 0. The van der Waals surface area contributed by atoms with Gasteiger partial charge in [0.2, 0.25) is 0 Å². The van der Waals surface area contributed by atoms with Gasteiger partial charge in [0.1, 0.15) is 0 Å². The van der Waals surface area contributed by atoms with Crippen LogP contribution in [0.4, 0.5) is 0 Å². The molecule has 1 N–H and O–H groups in total. The fourth-order valence-electron chi connectivity index (χ4n) is 1.84. The zero-order valence-electron chi connectivity index (χ0n) is 12.7. The molecule has 18 heavy (non-hydrogen) atoms. The highest BCUT2D eigenvalue weighted by Crippen LogP contribution is 2.18. The molecule has 0 bridgehead atoms. The third-order valence-corrected chi connectivity index (χ3v) is 3.21. The van der Waals surface area contributed by atoms with E-state index in [1.54, 1.807) is 0 Å². The molecule has 0 aliphatic rings. The van der Waals surface area contributed by atoms with Crippen molar-refractivity contribution in [1.29, 1.82) is 0 Å². The predicted molar refractivity (Wildman–Crippen MR) is 81.9 cm³/mol. The van der Waals surface area contributed by atoms with Crippen LogP contribution in [0.1, 0.15) is 50.8 Å². The monoisotopic (exact) mass is 245 g/mol. The average molecular weight is 245 g/mol. The first-order valence-corrected chi connectivity index (χ1v) is 6.79. The lowest BCUT2D eigenvalue weighted by Gasteiger charge is -2.19. The van der Waals surface area contributed by atoms with E-state index in [1.165, 1.54) is 22.3 Å². The Morgan fingerprint density at radius 1 is 1.17 bits per heavy atom. The maximum atomic E-state index is 3.50. The molecule has 1 aromatic rings. The third kappa shape index (κ3) is 5.05. The normalized spacial score (nSPS) is 12.9. The Morgan fingerprint density at radius 3 is 2.39 bits per heavy atom. The van der Waals surface area contributed by atoms with Crippen molar-refractivity contribution in [3.8, 4) is 0 Å². The molecular formula is C17H27N. The summed E-state index contributed by atoms with van der Waals surface area (Å²) in [5, 5.41) is 3.50. The molecule has 0 spiro atoms. The highest BCUT2D eigenvalue weighted by atomic mass is 14.9. The summed E-state index contributed by atoms with van der Waals surface area (Å²) in [4.78, 5) is 0. The van der Waals surface area contributed by atoms with Crippen LogP contribution < -0.4 is 5.32 Å². The molecular weight excluding hydrogens is 218 g/mol. The number of hydrogen-bond donors (Lipinski definition) is 1. The first-order valence-electron chi connectivity index (χ1n) is 6.79. The Hall–Kier alpha value is -1.08. The summed E-state index contributed by atoms with van der Waals surface area (Å²) < 4.78 is 0. The summed E-state index contributed by atoms with van der Waals surface area (Å²) in [6, 6.07) is 6.69. The molecule has 0 amide bonds.